The molecule has 0 heterocycles. The molecule has 0 fully saturated rings. The molecule has 0 spiro atoms. The standard InChI is InChI=1S/C7H7.CH3.2Li/c1-7-5-3-2-4-6-7;;;/h2-6H,1H2;1H3;;/q2*-1;2*+1. The van der Waals surface area contributed by atoms with Gasteiger partial charge in [-0.1, -0.05) is 6.07 Å². The predicted octanol–water partition coefficient (Wildman–Crippen LogP) is -3.67. The predicted molar refractivity (Wildman–Crippen MR) is 37.3 cm³/mol. The number of benzene rings is 1. The summed E-state index contributed by atoms with van der Waals surface area (Å²) in [7, 11) is 0. The van der Waals surface area contributed by atoms with Gasteiger partial charge in [-0.25, -0.2) is 0 Å². The Morgan fingerprint density at radius 2 is 1.30 bits per heavy atom. The van der Waals surface area contributed by atoms with E-state index >= 15 is 0 Å². The summed E-state index contributed by atoms with van der Waals surface area (Å²) in [5, 5.41) is 0. The summed E-state index contributed by atoms with van der Waals surface area (Å²) in [6, 6.07) is 9.87. The smallest absolute Gasteiger partial charge is 0.358 e. The molecule has 0 radical (unpaired) electrons. The van der Waals surface area contributed by atoms with E-state index in [0.29, 0.717) is 0 Å². The first-order valence-corrected chi connectivity index (χ1v) is 2.26. The second-order valence-corrected chi connectivity index (χ2v) is 1.49. The van der Waals surface area contributed by atoms with Crippen LogP contribution in [0.15, 0.2) is 30.3 Å². The molecule has 0 saturated carbocycles. The fraction of sp³-hybridized carbons (Fsp3) is 0. The van der Waals surface area contributed by atoms with E-state index in [-0.39, 0.29) is 45.1 Å². The number of rotatable bonds is 0. The number of hydrogen-bond acceptors (Lipinski definition) is 0. The molecule has 0 unspecified atom stereocenters. The monoisotopic (exact) mass is 120 g/mol. The van der Waals surface area contributed by atoms with Crippen molar-refractivity contribution in [2.45, 2.75) is 0 Å². The summed E-state index contributed by atoms with van der Waals surface area (Å²) in [4.78, 5) is 0. The van der Waals surface area contributed by atoms with E-state index in [1.165, 1.54) is 0 Å². The quantitative estimate of drug-likeness (QED) is 0.244. The molecule has 0 N–H and O–H groups in total. The van der Waals surface area contributed by atoms with Gasteiger partial charge >= 0.3 is 37.7 Å². The van der Waals surface area contributed by atoms with Gasteiger partial charge in [-0.3, -0.25) is 0 Å². The van der Waals surface area contributed by atoms with Crippen LogP contribution < -0.4 is 37.7 Å². The Morgan fingerprint density at radius 3 is 1.50 bits per heavy atom. The van der Waals surface area contributed by atoms with Gasteiger partial charge in [-0.05, 0) is 0 Å². The Bertz CT molecular complexity index is 137. The van der Waals surface area contributed by atoms with Crippen LogP contribution in [-0.2, 0) is 0 Å². The molecule has 0 aliphatic rings. The average molecular weight is 120 g/mol. The molecule has 0 atom stereocenters. The largest absolute Gasteiger partial charge is 1.00 e. The van der Waals surface area contributed by atoms with Gasteiger partial charge in [0, 0.05) is 0 Å². The van der Waals surface area contributed by atoms with Gasteiger partial charge < -0.3 is 7.43 Å². The van der Waals surface area contributed by atoms with Gasteiger partial charge in [0.2, 0.25) is 0 Å². The van der Waals surface area contributed by atoms with Crippen LogP contribution >= 0.6 is 0 Å². The molecule has 0 aromatic heterocycles. The Labute approximate surface area is 87.8 Å². The van der Waals surface area contributed by atoms with Crippen molar-refractivity contribution >= 4 is 0 Å². The molecule has 10 heavy (non-hydrogen) atoms. The minimum absolute atomic E-state index is 0. The summed E-state index contributed by atoms with van der Waals surface area (Å²) in [6.45, 7) is 3.72. The summed E-state index contributed by atoms with van der Waals surface area (Å²) in [5.74, 6) is 0. The van der Waals surface area contributed by atoms with Crippen LogP contribution in [0.4, 0.5) is 0 Å². The first-order valence-electron chi connectivity index (χ1n) is 2.26. The molecule has 0 saturated heterocycles. The molecule has 0 aliphatic carbocycles. The van der Waals surface area contributed by atoms with Gasteiger partial charge in [0.05, 0.1) is 0 Å². The van der Waals surface area contributed by atoms with Crippen LogP contribution in [0.5, 0.6) is 0 Å². The van der Waals surface area contributed by atoms with Crippen molar-refractivity contribution in [1.29, 1.82) is 0 Å². The Hall–Kier alpha value is 0.285. The van der Waals surface area contributed by atoms with E-state index in [2.05, 4.69) is 6.92 Å². The average Bonchev–Trinajstić information content (AvgIpc) is 1.69. The van der Waals surface area contributed by atoms with Gasteiger partial charge in [-0.2, -0.15) is 24.6 Å². The maximum atomic E-state index is 3.72. The van der Waals surface area contributed by atoms with Crippen molar-refractivity contribution in [1.82, 2.24) is 0 Å². The zero-order chi connectivity index (χ0) is 5.11. The molecule has 0 bridgehead atoms. The maximum Gasteiger partial charge on any atom is 1.00 e. The van der Waals surface area contributed by atoms with Crippen LogP contribution in [-0.4, -0.2) is 0 Å². The van der Waals surface area contributed by atoms with Crippen LogP contribution in [0.25, 0.3) is 0 Å². The third kappa shape index (κ3) is 6.41. The zero-order valence-corrected chi connectivity index (χ0v) is 7.09. The van der Waals surface area contributed by atoms with Crippen LogP contribution in [0, 0.1) is 14.4 Å². The normalized spacial score (nSPS) is 6.00. The second-order valence-electron chi connectivity index (χ2n) is 1.49. The first-order chi connectivity index (χ1) is 3.39. The minimum atomic E-state index is 0. The van der Waals surface area contributed by atoms with Crippen LogP contribution in [0.3, 0.4) is 0 Å². The molecule has 44 valence electrons. The molecule has 0 nitrogen and oxygen atoms in total. The molecule has 1 aromatic rings. The summed E-state index contributed by atoms with van der Waals surface area (Å²) in [6.07, 6.45) is 0. The van der Waals surface area contributed by atoms with E-state index in [0.717, 1.165) is 5.56 Å². The fourth-order valence-electron chi connectivity index (χ4n) is 0.478. The molecule has 2 heteroatoms. The van der Waals surface area contributed by atoms with Crippen LogP contribution in [0.2, 0.25) is 0 Å². The van der Waals surface area contributed by atoms with Gasteiger partial charge in [0.1, 0.15) is 0 Å². The van der Waals surface area contributed by atoms with Crippen LogP contribution in [0.1, 0.15) is 5.56 Å². The second kappa shape index (κ2) is 9.28. The molecular weight excluding hydrogens is 110 g/mol. The fourth-order valence-corrected chi connectivity index (χ4v) is 0.478. The molecule has 1 rings (SSSR count). The van der Waals surface area contributed by atoms with E-state index < -0.39 is 0 Å². The van der Waals surface area contributed by atoms with Crippen molar-refractivity contribution in [3.05, 3.63) is 50.2 Å². The third-order valence-corrected chi connectivity index (χ3v) is 0.843. The zero-order valence-electron chi connectivity index (χ0n) is 7.09. The summed E-state index contributed by atoms with van der Waals surface area (Å²) >= 11 is 0. The van der Waals surface area contributed by atoms with Crippen molar-refractivity contribution in [2.24, 2.45) is 0 Å². The summed E-state index contributed by atoms with van der Waals surface area (Å²) < 4.78 is 0. The minimum Gasteiger partial charge on any atom is -0.358 e. The van der Waals surface area contributed by atoms with Crippen molar-refractivity contribution < 1.29 is 37.7 Å². The van der Waals surface area contributed by atoms with Gasteiger partial charge in [0.25, 0.3) is 0 Å². The first kappa shape index (κ1) is 16.7. The Balaban J connectivity index is -0.000000163. The van der Waals surface area contributed by atoms with Crippen molar-refractivity contribution in [3.63, 3.8) is 0 Å². The number of hydrogen-bond donors (Lipinski definition) is 0. The molecule has 0 amide bonds. The van der Waals surface area contributed by atoms with Gasteiger partial charge in [-0.15, -0.1) is 12.1 Å². The Morgan fingerprint density at radius 1 is 0.900 bits per heavy atom. The molecule has 0 aliphatic heterocycles. The Kier molecular flexibility index (Phi) is 15.5. The van der Waals surface area contributed by atoms with Crippen molar-refractivity contribution in [2.75, 3.05) is 0 Å². The SMILES string of the molecule is [CH2-]c1ccccc1.[CH3-].[Li+].[Li+]. The van der Waals surface area contributed by atoms with E-state index in [9.17, 15) is 0 Å². The van der Waals surface area contributed by atoms with E-state index in [4.69, 9.17) is 0 Å². The van der Waals surface area contributed by atoms with Crippen molar-refractivity contribution in [3.8, 4) is 0 Å². The van der Waals surface area contributed by atoms with E-state index in [1.807, 2.05) is 30.3 Å². The summed E-state index contributed by atoms with van der Waals surface area (Å²) in [5.41, 5.74) is 1.07. The topological polar surface area (TPSA) is 0 Å². The molecular formula is C8H10Li2. The third-order valence-electron chi connectivity index (χ3n) is 0.843. The van der Waals surface area contributed by atoms with Gasteiger partial charge in [0.15, 0.2) is 0 Å². The maximum absolute atomic E-state index is 3.72. The molecule has 1 aromatic carbocycles. The van der Waals surface area contributed by atoms with E-state index in [1.54, 1.807) is 0 Å².